The summed E-state index contributed by atoms with van der Waals surface area (Å²) >= 11 is 4.01. The van der Waals surface area contributed by atoms with Gasteiger partial charge in [-0.1, -0.05) is 6.42 Å². The molecule has 0 saturated carbocycles. The third kappa shape index (κ3) is 3.68. The molecule has 5 nitrogen and oxygen atoms in total. The van der Waals surface area contributed by atoms with E-state index in [1.54, 1.807) is 0 Å². The predicted molar refractivity (Wildman–Crippen MR) is 63.4 cm³/mol. The van der Waals surface area contributed by atoms with Gasteiger partial charge in [0.2, 0.25) is 5.91 Å². The fourth-order valence-electron chi connectivity index (χ4n) is 1.67. The number of ether oxygens (including phenoxy) is 1. The lowest BCUT2D eigenvalue weighted by molar-refractivity contribution is -0.144. The van der Waals surface area contributed by atoms with Crippen LogP contribution in [0.4, 0.5) is 0 Å². The van der Waals surface area contributed by atoms with Crippen molar-refractivity contribution in [2.24, 2.45) is 0 Å². The van der Waals surface area contributed by atoms with Crippen molar-refractivity contribution in [2.75, 3.05) is 19.4 Å². The number of piperidine rings is 1. The maximum atomic E-state index is 11.8. The van der Waals surface area contributed by atoms with Gasteiger partial charge in [0.25, 0.3) is 0 Å². The first kappa shape index (κ1) is 13.3. The molecule has 0 radical (unpaired) electrons. The zero-order valence-electron chi connectivity index (χ0n) is 9.36. The molecule has 0 aromatic rings. The van der Waals surface area contributed by atoms with Crippen LogP contribution in [0.25, 0.3) is 0 Å². The van der Waals surface area contributed by atoms with Crippen LogP contribution in [0.3, 0.4) is 0 Å². The minimum Gasteiger partial charge on any atom is -0.467 e. The Morgan fingerprint density at radius 1 is 1.56 bits per heavy atom. The van der Waals surface area contributed by atoms with E-state index in [2.05, 4.69) is 28.0 Å². The zero-order valence-corrected chi connectivity index (χ0v) is 10.3. The molecule has 1 saturated heterocycles. The second-order valence-corrected chi connectivity index (χ2v) is 4.13. The average molecular weight is 246 g/mol. The van der Waals surface area contributed by atoms with Gasteiger partial charge in [-0.2, -0.15) is 12.6 Å². The first-order chi connectivity index (χ1) is 7.69. The summed E-state index contributed by atoms with van der Waals surface area (Å²) in [6.07, 6.45) is 2.94. The van der Waals surface area contributed by atoms with Crippen molar-refractivity contribution < 1.29 is 14.3 Å². The molecule has 6 heteroatoms. The Labute approximate surface area is 101 Å². The Morgan fingerprint density at radius 2 is 2.31 bits per heavy atom. The molecular formula is C10H18N2O3S. The normalized spacial score (nSPS) is 22.2. The molecule has 1 aliphatic rings. The predicted octanol–water partition coefficient (Wildman–Crippen LogP) is -0.284. The fourth-order valence-corrected chi connectivity index (χ4v) is 1.91. The van der Waals surface area contributed by atoms with E-state index >= 15 is 0 Å². The molecule has 2 atom stereocenters. The summed E-state index contributed by atoms with van der Waals surface area (Å²) in [5.41, 5.74) is 0. The zero-order chi connectivity index (χ0) is 12.0. The van der Waals surface area contributed by atoms with Crippen LogP contribution in [-0.4, -0.2) is 43.4 Å². The number of methoxy groups -OCH3 is 1. The van der Waals surface area contributed by atoms with Crippen LogP contribution in [0.2, 0.25) is 0 Å². The minimum atomic E-state index is -0.662. The summed E-state index contributed by atoms with van der Waals surface area (Å²) in [4.78, 5) is 23.0. The van der Waals surface area contributed by atoms with Crippen LogP contribution in [0.5, 0.6) is 0 Å². The summed E-state index contributed by atoms with van der Waals surface area (Å²) in [6.45, 7) is 0.849. The van der Waals surface area contributed by atoms with Crippen molar-refractivity contribution in [3.05, 3.63) is 0 Å². The van der Waals surface area contributed by atoms with E-state index in [0.29, 0.717) is 0 Å². The first-order valence-electron chi connectivity index (χ1n) is 5.41. The molecule has 1 amide bonds. The Hall–Kier alpha value is -0.750. The summed E-state index contributed by atoms with van der Waals surface area (Å²) in [5, 5.41) is 5.75. The number of carbonyl (C=O) groups excluding carboxylic acids is 2. The van der Waals surface area contributed by atoms with Crippen LogP contribution >= 0.6 is 12.6 Å². The Kier molecular flexibility index (Phi) is 5.62. The number of rotatable bonds is 4. The third-order valence-corrected chi connectivity index (χ3v) is 2.98. The number of thiol groups is 1. The van der Waals surface area contributed by atoms with Crippen molar-refractivity contribution in [3.63, 3.8) is 0 Å². The van der Waals surface area contributed by atoms with E-state index in [1.807, 2.05) is 0 Å². The first-order valence-corrected chi connectivity index (χ1v) is 6.04. The lowest BCUT2D eigenvalue weighted by atomic mass is 10.0. The molecule has 0 aromatic heterocycles. The smallest absolute Gasteiger partial charge is 0.329 e. The van der Waals surface area contributed by atoms with Gasteiger partial charge in [-0.05, 0) is 19.4 Å². The molecule has 16 heavy (non-hydrogen) atoms. The van der Waals surface area contributed by atoms with E-state index in [0.717, 1.165) is 25.8 Å². The molecule has 2 N–H and O–H groups in total. The molecule has 0 aliphatic carbocycles. The van der Waals surface area contributed by atoms with Gasteiger partial charge in [-0.3, -0.25) is 4.79 Å². The number of hydrogen-bond donors (Lipinski definition) is 3. The van der Waals surface area contributed by atoms with Crippen molar-refractivity contribution >= 4 is 24.5 Å². The lowest BCUT2D eigenvalue weighted by Crippen LogP contribution is -2.52. The highest BCUT2D eigenvalue weighted by Crippen LogP contribution is 2.07. The van der Waals surface area contributed by atoms with E-state index < -0.39 is 12.0 Å². The number of carbonyl (C=O) groups is 2. The number of esters is 1. The number of nitrogens with one attached hydrogen (secondary N) is 2. The molecule has 0 unspecified atom stereocenters. The van der Waals surface area contributed by atoms with Crippen LogP contribution in [-0.2, 0) is 14.3 Å². The topological polar surface area (TPSA) is 67.4 Å². The lowest BCUT2D eigenvalue weighted by Gasteiger charge is -2.24. The number of amides is 1. The molecule has 1 heterocycles. The Bertz CT molecular complexity index is 254. The molecular weight excluding hydrogens is 228 g/mol. The second-order valence-electron chi connectivity index (χ2n) is 3.77. The SMILES string of the molecule is COC(=O)[C@H](CS)NC(=O)[C@@H]1CCCCN1. The van der Waals surface area contributed by atoms with Crippen LogP contribution in [0.1, 0.15) is 19.3 Å². The van der Waals surface area contributed by atoms with Crippen molar-refractivity contribution in [1.29, 1.82) is 0 Å². The summed E-state index contributed by atoms with van der Waals surface area (Å²) in [7, 11) is 1.30. The standard InChI is InChI=1S/C10H18N2O3S/c1-15-10(14)8(6-16)12-9(13)7-4-2-3-5-11-7/h7-8,11,16H,2-6H2,1H3,(H,12,13)/t7-,8-/m0/s1. The summed E-state index contributed by atoms with van der Waals surface area (Å²) in [6, 6.07) is -0.856. The highest BCUT2D eigenvalue weighted by Gasteiger charge is 2.25. The van der Waals surface area contributed by atoms with Gasteiger partial charge in [-0.15, -0.1) is 0 Å². The Morgan fingerprint density at radius 3 is 2.81 bits per heavy atom. The largest absolute Gasteiger partial charge is 0.467 e. The molecule has 1 fully saturated rings. The highest BCUT2D eigenvalue weighted by molar-refractivity contribution is 7.80. The maximum absolute atomic E-state index is 11.8. The van der Waals surface area contributed by atoms with Gasteiger partial charge in [0.15, 0.2) is 0 Å². The fraction of sp³-hybridized carbons (Fsp3) is 0.800. The van der Waals surface area contributed by atoms with Crippen LogP contribution < -0.4 is 10.6 Å². The molecule has 0 aromatic carbocycles. The van der Waals surface area contributed by atoms with E-state index in [1.165, 1.54) is 7.11 Å². The van der Waals surface area contributed by atoms with Gasteiger partial charge >= 0.3 is 5.97 Å². The van der Waals surface area contributed by atoms with Crippen LogP contribution in [0.15, 0.2) is 0 Å². The third-order valence-electron chi connectivity index (χ3n) is 2.61. The van der Waals surface area contributed by atoms with E-state index in [9.17, 15) is 9.59 Å². The number of hydrogen-bond acceptors (Lipinski definition) is 5. The minimum absolute atomic E-state index is 0.149. The maximum Gasteiger partial charge on any atom is 0.329 e. The van der Waals surface area contributed by atoms with Gasteiger partial charge in [0.1, 0.15) is 6.04 Å². The average Bonchev–Trinajstić information content (AvgIpc) is 2.35. The van der Waals surface area contributed by atoms with Crippen molar-refractivity contribution in [1.82, 2.24) is 10.6 Å². The monoisotopic (exact) mass is 246 g/mol. The highest BCUT2D eigenvalue weighted by atomic mass is 32.1. The molecule has 0 spiro atoms. The Balaban J connectivity index is 2.44. The van der Waals surface area contributed by atoms with Crippen LogP contribution in [0, 0.1) is 0 Å². The summed E-state index contributed by atoms with van der Waals surface area (Å²) in [5.74, 6) is -0.367. The van der Waals surface area contributed by atoms with E-state index in [4.69, 9.17) is 0 Å². The van der Waals surface area contributed by atoms with Crippen molar-refractivity contribution in [3.8, 4) is 0 Å². The quantitative estimate of drug-likeness (QED) is 0.471. The van der Waals surface area contributed by atoms with E-state index in [-0.39, 0.29) is 17.7 Å². The van der Waals surface area contributed by atoms with Gasteiger partial charge in [0.05, 0.1) is 13.2 Å². The molecule has 92 valence electrons. The molecule has 1 aliphatic heterocycles. The van der Waals surface area contributed by atoms with Gasteiger partial charge in [-0.25, -0.2) is 4.79 Å². The molecule has 1 rings (SSSR count). The van der Waals surface area contributed by atoms with Gasteiger partial charge < -0.3 is 15.4 Å². The second kappa shape index (κ2) is 6.75. The van der Waals surface area contributed by atoms with Crippen molar-refractivity contribution in [2.45, 2.75) is 31.3 Å². The van der Waals surface area contributed by atoms with Gasteiger partial charge in [0, 0.05) is 5.75 Å². The summed E-state index contributed by atoms with van der Waals surface area (Å²) < 4.78 is 4.57. The molecule has 0 bridgehead atoms.